The minimum absolute atomic E-state index is 0.0476. The molecule has 0 heterocycles. The Labute approximate surface area is 163 Å². The zero-order chi connectivity index (χ0) is 18.4. The first-order valence-electron chi connectivity index (χ1n) is 11.2. The van der Waals surface area contributed by atoms with Gasteiger partial charge in [0, 0.05) is 18.2 Å². The van der Waals surface area contributed by atoms with Crippen LogP contribution in [0.1, 0.15) is 135 Å². The van der Waals surface area contributed by atoms with Gasteiger partial charge in [-0.15, -0.1) is 0 Å². The van der Waals surface area contributed by atoms with Gasteiger partial charge in [0.1, 0.15) is 0 Å². The first-order valence-corrected chi connectivity index (χ1v) is 11.6. The number of unbranched alkanes of at least 4 members (excludes halogenated alkanes) is 18. The Balaban J connectivity index is 2.99. The third-order valence-electron chi connectivity index (χ3n) is 5.11. The first-order chi connectivity index (χ1) is 12.3. The molecule has 0 aromatic rings. The molecule has 0 aliphatic carbocycles. The minimum Gasteiger partial charge on any atom is -0.274 e. The molecule has 0 spiro atoms. The van der Waals surface area contributed by atoms with Crippen molar-refractivity contribution in [2.24, 2.45) is 0 Å². The Morgan fingerprint density at radius 2 is 0.840 bits per heavy atom. The quantitative estimate of drug-likeness (QED) is 0.169. The number of carbonyl (C=O) groups excluding carboxylic acids is 1. The van der Waals surface area contributed by atoms with Crippen molar-refractivity contribution in [2.75, 3.05) is 0 Å². The molecule has 1 amide bonds. The van der Waals surface area contributed by atoms with Crippen molar-refractivity contribution in [3.8, 4) is 0 Å². The third-order valence-corrected chi connectivity index (χ3v) is 5.32. The SMILES string of the molecule is CCCCCCCCCCCCCCCCCCCCCC(=O)NCl. The van der Waals surface area contributed by atoms with Gasteiger partial charge in [0.05, 0.1) is 0 Å². The highest BCUT2D eigenvalue weighted by molar-refractivity contribution is 6.21. The van der Waals surface area contributed by atoms with E-state index in [9.17, 15) is 4.79 Å². The van der Waals surface area contributed by atoms with E-state index in [0.717, 1.165) is 12.8 Å². The highest BCUT2D eigenvalue weighted by Gasteiger charge is 1.98. The summed E-state index contributed by atoms with van der Waals surface area (Å²) in [5.41, 5.74) is 0. The lowest BCUT2D eigenvalue weighted by Crippen LogP contribution is -2.11. The van der Waals surface area contributed by atoms with Crippen LogP contribution >= 0.6 is 11.8 Å². The normalized spacial score (nSPS) is 11.0. The Morgan fingerprint density at radius 1 is 0.560 bits per heavy atom. The molecule has 0 aliphatic rings. The van der Waals surface area contributed by atoms with E-state index >= 15 is 0 Å². The second-order valence-corrected chi connectivity index (χ2v) is 7.82. The molecular formula is C22H44ClNO. The number of rotatable bonds is 20. The highest BCUT2D eigenvalue weighted by Crippen LogP contribution is 2.14. The van der Waals surface area contributed by atoms with E-state index in [1.807, 2.05) is 0 Å². The van der Waals surface area contributed by atoms with E-state index in [1.165, 1.54) is 109 Å². The number of carbonyl (C=O) groups is 1. The molecule has 0 bridgehead atoms. The molecule has 0 aromatic heterocycles. The van der Waals surface area contributed by atoms with Crippen LogP contribution in [0.2, 0.25) is 0 Å². The van der Waals surface area contributed by atoms with E-state index in [2.05, 4.69) is 11.8 Å². The average Bonchev–Trinajstić information content (AvgIpc) is 2.63. The summed E-state index contributed by atoms with van der Waals surface area (Å²) in [6.45, 7) is 2.29. The zero-order valence-corrected chi connectivity index (χ0v) is 17.7. The average molecular weight is 374 g/mol. The van der Waals surface area contributed by atoms with E-state index < -0.39 is 0 Å². The molecule has 0 fully saturated rings. The predicted molar refractivity (Wildman–Crippen MR) is 112 cm³/mol. The molecule has 150 valence electrons. The largest absolute Gasteiger partial charge is 0.274 e. The highest BCUT2D eigenvalue weighted by atomic mass is 35.5. The fourth-order valence-corrected chi connectivity index (χ4v) is 3.51. The van der Waals surface area contributed by atoms with Crippen molar-refractivity contribution in [1.82, 2.24) is 4.84 Å². The monoisotopic (exact) mass is 373 g/mol. The molecule has 3 heteroatoms. The first kappa shape index (κ1) is 24.8. The molecule has 0 saturated carbocycles. The van der Waals surface area contributed by atoms with Crippen molar-refractivity contribution in [1.29, 1.82) is 0 Å². The van der Waals surface area contributed by atoms with Crippen LogP contribution in [0.15, 0.2) is 0 Å². The van der Waals surface area contributed by atoms with Crippen LogP contribution in [-0.4, -0.2) is 5.91 Å². The molecule has 25 heavy (non-hydrogen) atoms. The molecule has 0 aromatic carbocycles. The van der Waals surface area contributed by atoms with Crippen molar-refractivity contribution in [3.05, 3.63) is 0 Å². The molecule has 0 atom stereocenters. The fraction of sp³-hybridized carbons (Fsp3) is 0.955. The number of hydrogen-bond donors (Lipinski definition) is 1. The van der Waals surface area contributed by atoms with Gasteiger partial charge in [-0.1, -0.05) is 122 Å². The number of hydrogen-bond acceptors (Lipinski definition) is 1. The molecular weight excluding hydrogens is 330 g/mol. The van der Waals surface area contributed by atoms with Crippen LogP contribution in [0.5, 0.6) is 0 Å². The zero-order valence-electron chi connectivity index (χ0n) is 16.9. The number of halogens is 1. The van der Waals surface area contributed by atoms with Gasteiger partial charge in [0.2, 0.25) is 5.91 Å². The van der Waals surface area contributed by atoms with E-state index in [0.29, 0.717) is 6.42 Å². The summed E-state index contributed by atoms with van der Waals surface area (Å²) in [5.74, 6) is -0.0476. The summed E-state index contributed by atoms with van der Waals surface area (Å²) in [4.78, 5) is 13.1. The minimum atomic E-state index is -0.0476. The number of amides is 1. The predicted octanol–water partition coefficient (Wildman–Crippen LogP) is 8.08. The molecule has 1 N–H and O–H groups in total. The molecule has 0 rings (SSSR count). The standard InChI is InChI=1S/C22H44ClNO/c1-2-3-4-5-6-7-8-9-10-11-12-13-14-15-16-17-18-19-20-21-22(25)24-23/h2-21H2,1H3,(H,24,25). The van der Waals surface area contributed by atoms with Gasteiger partial charge >= 0.3 is 0 Å². The van der Waals surface area contributed by atoms with E-state index in [-0.39, 0.29) is 5.91 Å². The summed E-state index contributed by atoms with van der Waals surface area (Å²) < 4.78 is 0. The van der Waals surface area contributed by atoms with Crippen LogP contribution in [0.4, 0.5) is 0 Å². The lowest BCUT2D eigenvalue weighted by molar-refractivity contribution is -0.119. The Morgan fingerprint density at radius 3 is 1.12 bits per heavy atom. The maximum absolute atomic E-state index is 11.0. The van der Waals surface area contributed by atoms with Crippen LogP contribution in [0.25, 0.3) is 0 Å². The van der Waals surface area contributed by atoms with Crippen molar-refractivity contribution >= 4 is 17.7 Å². The Bertz CT molecular complexity index is 271. The van der Waals surface area contributed by atoms with Crippen molar-refractivity contribution in [3.63, 3.8) is 0 Å². The molecule has 0 unspecified atom stereocenters. The number of nitrogens with one attached hydrogen (secondary N) is 1. The maximum Gasteiger partial charge on any atom is 0.234 e. The second-order valence-electron chi connectivity index (χ2n) is 7.63. The topological polar surface area (TPSA) is 29.1 Å². The molecule has 2 nitrogen and oxygen atoms in total. The molecule has 0 radical (unpaired) electrons. The van der Waals surface area contributed by atoms with Gasteiger partial charge in [-0.05, 0) is 6.42 Å². The fourth-order valence-electron chi connectivity index (χ4n) is 3.41. The van der Waals surface area contributed by atoms with Crippen molar-refractivity contribution in [2.45, 2.75) is 135 Å². The maximum atomic E-state index is 11.0. The van der Waals surface area contributed by atoms with E-state index in [1.54, 1.807) is 0 Å². The molecule has 0 aliphatic heterocycles. The van der Waals surface area contributed by atoms with Gasteiger partial charge in [-0.3, -0.25) is 9.63 Å². The van der Waals surface area contributed by atoms with Gasteiger partial charge in [-0.25, -0.2) is 0 Å². The Hall–Kier alpha value is -0.240. The van der Waals surface area contributed by atoms with Gasteiger partial charge in [0.15, 0.2) is 0 Å². The Kier molecular flexibility index (Phi) is 21.6. The summed E-state index contributed by atoms with van der Waals surface area (Å²) in [7, 11) is 0. The second kappa shape index (κ2) is 21.8. The third kappa shape index (κ3) is 21.7. The summed E-state index contributed by atoms with van der Waals surface area (Å²) in [6.07, 6.45) is 26.7. The summed E-state index contributed by atoms with van der Waals surface area (Å²) in [6, 6.07) is 0. The van der Waals surface area contributed by atoms with Crippen LogP contribution in [0.3, 0.4) is 0 Å². The van der Waals surface area contributed by atoms with Gasteiger partial charge in [0.25, 0.3) is 0 Å². The molecule has 0 saturated heterocycles. The van der Waals surface area contributed by atoms with Crippen LogP contribution in [-0.2, 0) is 4.79 Å². The smallest absolute Gasteiger partial charge is 0.234 e. The summed E-state index contributed by atoms with van der Waals surface area (Å²) >= 11 is 5.24. The van der Waals surface area contributed by atoms with Crippen molar-refractivity contribution < 1.29 is 4.79 Å². The lowest BCUT2D eigenvalue weighted by atomic mass is 10.0. The van der Waals surface area contributed by atoms with Gasteiger partial charge < -0.3 is 0 Å². The van der Waals surface area contributed by atoms with Gasteiger partial charge in [-0.2, -0.15) is 0 Å². The lowest BCUT2D eigenvalue weighted by Gasteiger charge is -2.04. The van der Waals surface area contributed by atoms with Crippen LogP contribution < -0.4 is 4.84 Å². The van der Waals surface area contributed by atoms with E-state index in [4.69, 9.17) is 11.8 Å². The van der Waals surface area contributed by atoms with Crippen LogP contribution in [0, 0.1) is 0 Å². The summed E-state index contributed by atoms with van der Waals surface area (Å²) in [5, 5.41) is 0.